The highest BCUT2D eigenvalue weighted by Crippen LogP contribution is 2.53. The van der Waals surface area contributed by atoms with Crippen LogP contribution in [0.25, 0.3) is 0 Å². The maximum absolute atomic E-state index is 13.5. The third-order valence-electron chi connectivity index (χ3n) is 3.29. The first-order valence-electron chi connectivity index (χ1n) is 4.76. The van der Waals surface area contributed by atoms with E-state index in [0.29, 0.717) is 18.0 Å². The van der Waals surface area contributed by atoms with Crippen molar-refractivity contribution in [2.45, 2.75) is 18.8 Å². The molecule has 0 spiro atoms. The summed E-state index contributed by atoms with van der Waals surface area (Å²) in [5.74, 6) is -0.612. The summed E-state index contributed by atoms with van der Waals surface area (Å²) in [6, 6.07) is 3.74. The molecule has 2 atom stereocenters. The van der Waals surface area contributed by atoms with Gasteiger partial charge in [0.1, 0.15) is 11.6 Å². The van der Waals surface area contributed by atoms with E-state index in [9.17, 15) is 8.78 Å². The Labute approximate surface area is 81.9 Å². The van der Waals surface area contributed by atoms with E-state index in [-0.39, 0.29) is 5.41 Å². The lowest BCUT2D eigenvalue weighted by atomic mass is 9.93. The van der Waals surface area contributed by atoms with Crippen molar-refractivity contribution in [1.82, 2.24) is 0 Å². The van der Waals surface area contributed by atoms with E-state index in [1.807, 2.05) is 6.92 Å². The first kappa shape index (κ1) is 9.59. The lowest BCUT2D eigenvalue weighted by Gasteiger charge is -2.15. The molecule has 1 nitrogen and oxygen atoms in total. The van der Waals surface area contributed by atoms with Crippen LogP contribution in [0.3, 0.4) is 0 Å². The zero-order valence-corrected chi connectivity index (χ0v) is 8.06. The van der Waals surface area contributed by atoms with E-state index in [1.165, 1.54) is 12.1 Å². The molecule has 0 saturated heterocycles. The van der Waals surface area contributed by atoms with Gasteiger partial charge < -0.3 is 5.73 Å². The second kappa shape index (κ2) is 3.02. The first-order valence-corrected chi connectivity index (χ1v) is 4.76. The molecule has 0 heterocycles. The Morgan fingerprint density at radius 2 is 2.14 bits per heavy atom. The molecule has 1 saturated carbocycles. The van der Waals surface area contributed by atoms with E-state index < -0.39 is 11.6 Å². The highest BCUT2D eigenvalue weighted by molar-refractivity contribution is 5.35. The van der Waals surface area contributed by atoms with Gasteiger partial charge in [0.05, 0.1) is 0 Å². The molecule has 0 unspecified atom stereocenters. The van der Waals surface area contributed by atoms with Gasteiger partial charge in [0.2, 0.25) is 0 Å². The Hall–Kier alpha value is -0.960. The minimum Gasteiger partial charge on any atom is -0.330 e. The number of benzene rings is 1. The van der Waals surface area contributed by atoms with Crippen LogP contribution in [0.4, 0.5) is 8.78 Å². The molecule has 1 fully saturated rings. The lowest BCUT2D eigenvalue weighted by molar-refractivity contribution is 0.536. The van der Waals surface area contributed by atoms with Crippen molar-refractivity contribution in [3.05, 3.63) is 35.4 Å². The number of nitrogens with two attached hydrogens (primary N) is 1. The third kappa shape index (κ3) is 1.23. The van der Waals surface area contributed by atoms with Crippen LogP contribution in [-0.2, 0) is 5.41 Å². The van der Waals surface area contributed by atoms with Crippen molar-refractivity contribution in [3.63, 3.8) is 0 Å². The van der Waals surface area contributed by atoms with Crippen LogP contribution in [0, 0.1) is 17.6 Å². The number of rotatable bonds is 2. The van der Waals surface area contributed by atoms with Crippen molar-refractivity contribution in [1.29, 1.82) is 0 Å². The molecule has 76 valence electrons. The summed E-state index contributed by atoms with van der Waals surface area (Å²) in [5.41, 5.74) is 5.96. The van der Waals surface area contributed by atoms with Gasteiger partial charge in [-0.25, -0.2) is 8.78 Å². The van der Waals surface area contributed by atoms with Crippen LogP contribution in [0.5, 0.6) is 0 Å². The van der Waals surface area contributed by atoms with Crippen LogP contribution >= 0.6 is 0 Å². The van der Waals surface area contributed by atoms with Crippen molar-refractivity contribution >= 4 is 0 Å². The van der Waals surface area contributed by atoms with Gasteiger partial charge in [-0.1, -0.05) is 13.0 Å². The Balaban J connectivity index is 2.42. The standard InChI is InChI=1S/C11H13F2N/c1-7-5-11(7,6-14)9-3-2-8(12)4-10(9)13/h2-4,7H,5-6,14H2,1H3/t7-,11-/m1/s1. The average Bonchev–Trinajstić information content (AvgIpc) is 2.78. The molecular formula is C11H13F2N. The summed E-state index contributed by atoms with van der Waals surface area (Å²) in [5, 5.41) is 0. The monoisotopic (exact) mass is 197 g/mol. The van der Waals surface area contributed by atoms with Gasteiger partial charge >= 0.3 is 0 Å². The van der Waals surface area contributed by atoms with Gasteiger partial charge in [-0.15, -0.1) is 0 Å². The highest BCUT2D eigenvalue weighted by atomic mass is 19.1. The molecule has 1 aromatic carbocycles. The predicted octanol–water partition coefficient (Wildman–Crippen LogP) is 2.20. The van der Waals surface area contributed by atoms with Crippen LogP contribution in [0.2, 0.25) is 0 Å². The zero-order chi connectivity index (χ0) is 10.3. The summed E-state index contributed by atoms with van der Waals surface area (Å²) in [7, 11) is 0. The van der Waals surface area contributed by atoms with Gasteiger partial charge in [-0.05, 0) is 24.0 Å². The molecule has 3 heteroatoms. The summed E-state index contributed by atoms with van der Waals surface area (Å²) >= 11 is 0. The summed E-state index contributed by atoms with van der Waals surface area (Å²) in [6.07, 6.45) is 0.895. The molecule has 0 aliphatic heterocycles. The largest absolute Gasteiger partial charge is 0.330 e. The van der Waals surface area contributed by atoms with Crippen molar-refractivity contribution in [2.24, 2.45) is 11.7 Å². The van der Waals surface area contributed by atoms with Crippen LogP contribution in [0.1, 0.15) is 18.9 Å². The molecule has 14 heavy (non-hydrogen) atoms. The average molecular weight is 197 g/mol. The lowest BCUT2D eigenvalue weighted by Crippen LogP contribution is -2.23. The van der Waals surface area contributed by atoms with Gasteiger partial charge in [0.25, 0.3) is 0 Å². The molecule has 1 aromatic rings. The molecule has 1 aliphatic carbocycles. The van der Waals surface area contributed by atoms with Gasteiger partial charge in [-0.3, -0.25) is 0 Å². The van der Waals surface area contributed by atoms with E-state index in [0.717, 1.165) is 12.5 Å². The summed E-state index contributed by atoms with van der Waals surface area (Å²) in [4.78, 5) is 0. The van der Waals surface area contributed by atoms with E-state index in [1.54, 1.807) is 0 Å². The Morgan fingerprint density at radius 3 is 2.57 bits per heavy atom. The van der Waals surface area contributed by atoms with Crippen LogP contribution < -0.4 is 5.73 Å². The molecule has 2 N–H and O–H groups in total. The minimum absolute atomic E-state index is 0.238. The van der Waals surface area contributed by atoms with E-state index in [4.69, 9.17) is 5.73 Å². The fourth-order valence-electron chi connectivity index (χ4n) is 2.15. The molecular weight excluding hydrogens is 184 g/mol. The highest BCUT2D eigenvalue weighted by Gasteiger charge is 2.52. The Kier molecular flexibility index (Phi) is 2.07. The molecule has 0 radical (unpaired) electrons. The van der Waals surface area contributed by atoms with Crippen molar-refractivity contribution in [2.75, 3.05) is 6.54 Å². The summed E-state index contributed by atoms with van der Waals surface area (Å²) in [6.45, 7) is 2.46. The second-order valence-electron chi connectivity index (χ2n) is 4.09. The molecule has 0 amide bonds. The summed E-state index contributed by atoms with van der Waals surface area (Å²) < 4.78 is 26.1. The van der Waals surface area contributed by atoms with E-state index >= 15 is 0 Å². The molecule has 0 bridgehead atoms. The molecule has 0 aromatic heterocycles. The number of hydrogen-bond acceptors (Lipinski definition) is 1. The fraction of sp³-hybridized carbons (Fsp3) is 0.455. The maximum atomic E-state index is 13.5. The first-order chi connectivity index (χ1) is 6.60. The Morgan fingerprint density at radius 1 is 1.50 bits per heavy atom. The zero-order valence-electron chi connectivity index (χ0n) is 8.06. The van der Waals surface area contributed by atoms with E-state index in [2.05, 4.69) is 0 Å². The smallest absolute Gasteiger partial charge is 0.129 e. The van der Waals surface area contributed by atoms with Gasteiger partial charge in [-0.2, -0.15) is 0 Å². The third-order valence-corrected chi connectivity index (χ3v) is 3.29. The SMILES string of the molecule is C[C@@H]1C[C@]1(CN)c1ccc(F)cc1F. The Bertz CT molecular complexity index is 360. The van der Waals surface area contributed by atoms with Crippen molar-refractivity contribution < 1.29 is 8.78 Å². The topological polar surface area (TPSA) is 26.0 Å². The minimum atomic E-state index is -0.535. The van der Waals surface area contributed by atoms with Crippen LogP contribution in [-0.4, -0.2) is 6.54 Å². The number of halogens is 2. The quantitative estimate of drug-likeness (QED) is 0.772. The van der Waals surface area contributed by atoms with Gasteiger partial charge in [0, 0.05) is 18.0 Å². The number of hydrogen-bond donors (Lipinski definition) is 1. The molecule has 1 aliphatic rings. The fourth-order valence-corrected chi connectivity index (χ4v) is 2.15. The van der Waals surface area contributed by atoms with Crippen molar-refractivity contribution in [3.8, 4) is 0 Å². The van der Waals surface area contributed by atoms with Crippen LogP contribution in [0.15, 0.2) is 18.2 Å². The normalized spacial score (nSPS) is 30.4. The molecule has 2 rings (SSSR count). The maximum Gasteiger partial charge on any atom is 0.129 e. The predicted molar refractivity (Wildman–Crippen MR) is 50.9 cm³/mol. The second-order valence-corrected chi connectivity index (χ2v) is 4.09. The van der Waals surface area contributed by atoms with Gasteiger partial charge in [0.15, 0.2) is 0 Å².